The van der Waals surface area contributed by atoms with Gasteiger partial charge in [0.25, 0.3) is 0 Å². The highest BCUT2D eigenvalue weighted by Crippen LogP contribution is 2.43. The zero-order chi connectivity index (χ0) is 12.7. The van der Waals surface area contributed by atoms with Crippen LogP contribution in [0.25, 0.3) is 0 Å². The van der Waals surface area contributed by atoms with Gasteiger partial charge in [0, 0.05) is 6.07 Å². The zero-order valence-electron chi connectivity index (χ0n) is 10.5. The molecule has 3 heteroatoms. The Hall–Kier alpha value is -2.16. The minimum absolute atomic E-state index is 0.133. The first-order valence-electron chi connectivity index (χ1n) is 6.54. The number of rotatable bonds is 1. The molecule has 2 aromatic carbocycles. The molecule has 0 fully saturated rings. The predicted molar refractivity (Wildman–Crippen MR) is 70.7 cm³/mol. The van der Waals surface area contributed by atoms with Gasteiger partial charge in [0.1, 0.15) is 11.9 Å². The highest BCUT2D eigenvalue weighted by Gasteiger charge is 2.25. The normalized spacial score (nSPS) is 19.7. The Morgan fingerprint density at radius 1 is 0.895 bits per heavy atom. The molecule has 0 amide bonds. The average Bonchev–Trinajstić information content (AvgIpc) is 2.92. The lowest BCUT2D eigenvalue weighted by atomic mass is 9.97. The number of hydrogen-bond acceptors (Lipinski definition) is 3. The summed E-state index contributed by atoms with van der Waals surface area (Å²) in [5.74, 6) is 2.54. The topological polar surface area (TPSA) is 27.7 Å². The average molecular weight is 254 g/mol. The van der Waals surface area contributed by atoms with Crippen molar-refractivity contribution in [2.75, 3.05) is 6.79 Å². The van der Waals surface area contributed by atoms with E-state index in [2.05, 4.69) is 12.1 Å². The van der Waals surface area contributed by atoms with E-state index in [4.69, 9.17) is 14.2 Å². The van der Waals surface area contributed by atoms with Gasteiger partial charge in [-0.15, -0.1) is 0 Å². The minimum Gasteiger partial charge on any atom is -0.485 e. The van der Waals surface area contributed by atoms with E-state index in [0.717, 1.165) is 30.1 Å². The number of ether oxygens (including phenoxy) is 3. The third-order valence-electron chi connectivity index (χ3n) is 3.67. The molecule has 2 heterocycles. The largest absolute Gasteiger partial charge is 0.485 e. The van der Waals surface area contributed by atoms with Crippen LogP contribution in [-0.4, -0.2) is 6.79 Å². The molecule has 4 rings (SSSR count). The summed E-state index contributed by atoms with van der Waals surface area (Å²) in [4.78, 5) is 0. The molecular formula is C16H14O3. The molecule has 0 spiro atoms. The molecule has 0 bridgehead atoms. The third kappa shape index (κ3) is 1.82. The Morgan fingerprint density at radius 2 is 1.68 bits per heavy atom. The Balaban J connectivity index is 1.67. The maximum atomic E-state index is 6.11. The van der Waals surface area contributed by atoms with Crippen molar-refractivity contribution in [1.82, 2.24) is 0 Å². The lowest BCUT2D eigenvalue weighted by Crippen LogP contribution is -2.14. The van der Waals surface area contributed by atoms with Gasteiger partial charge in [0.2, 0.25) is 6.79 Å². The fourth-order valence-electron chi connectivity index (χ4n) is 2.67. The summed E-state index contributed by atoms with van der Waals surface area (Å²) < 4.78 is 16.9. The van der Waals surface area contributed by atoms with Gasteiger partial charge in [-0.3, -0.25) is 0 Å². The number of hydrogen-bond donors (Lipinski definition) is 0. The van der Waals surface area contributed by atoms with Crippen molar-refractivity contribution in [3.05, 3.63) is 53.6 Å². The third-order valence-corrected chi connectivity index (χ3v) is 3.67. The van der Waals surface area contributed by atoms with Crippen molar-refractivity contribution in [3.63, 3.8) is 0 Å². The second kappa shape index (κ2) is 4.19. The smallest absolute Gasteiger partial charge is 0.231 e. The van der Waals surface area contributed by atoms with Crippen LogP contribution in [0.4, 0.5) is 0 Å². The highest BCUT2D eigenvalue weighted by atomic mass is 16.7. The SMILES string of the molecule is c1ccc(C2CCc3cc4c(cc3O2)OCO4)cc1. The second-order valence-corrected chi connectivity index (χ2v) is 4.87. The van der Waals surface area contributed by atoms with Crippen molar-refractivity contribution in [3.8, 4) is 17.2 Å². The van der Waals surface area contributed by atoms with Crippen LogP contribution in [0.2, 0.25) is 0 Å². The van der Waals surface area contributed by atoms with Gasteiger partial charge in [0.15, 0.2) is 11.5 Å². The summed E-state index contributed by atoms with van der Waals surface area (Å²) in [6.07, 6.45) is 2.14. The second-order valence-electron chi connectivity index (χ2n) is 4.87. The first-order chi connectivity index (χ1) is 9.40. The number of benzene rings is 2. The van der Waals surface area contributed by atoms with Crippen LogP contribution in [0.15, 0.2) is 42.5 Å². The molecule has 2 aromatic rings. The maximum absolute atomic E-state index is 6.11. The van der Waals surface area contributed by atoms with E-state index in [1.165, 1.54) is 11.1 Å². The first-order valence-corrected chi connectivity index (χ1v) is 6.54. The lowest BCUT2D eigenvalue weighted by Gasteiger charge is -2.26. The fourth-order valence-corrected chi connectivity index (χ4v) is 2.67. The summed E-state index contributed by atoms with van der Waals surface area (Å²) in [5.41, 5.74) is 2.43. The standard InChI is InChI=1S/C16H14O3/c1-2-4-11(5-3-1)13-7-6-12-8-15-16(18-10-17-15)9-14(12)19-13/h1-5,8-9,13H,6-7,10H2. The van der Waals surface area contributed by atoms with Gasteiger partial charge in [-0.1, -0.05) is 30.3 Å². The molecule has 96 valence electrons. The number of fused-ring (bicyclic) bond motifs is 2. The molecular weight excluding hydrogens is 240 g/mol. The van der Waals surface area contributed by atoms with E-state index in [-0.39, 0.29) is 6.10 Å². The van der Waals surface area contributed by atoms with Crippen LogP contribution >= 0.6 is 0 Å². The quantitative estimate of drug-likeness (QED) is 0.779. The van der Waals surface area contributed by atoms with Crippen LogP contribution in [0.5, 0.6) is 17.2 Å². The van der Waals surface area contributed by atoms with Crippen LogP contribution in [0, 0.1) is 0 Å². The molecule has 0 N–H and O–H groups in total. The van der Waals surface area contributed by atoms with Crippen molar-refractivity contribution in [2.24, 2.45) is 0 Å². The van der Waals surface area contributed by atoms with Crippen LogP contribution in [-0.2, 0) is 6.42 Å². The maximum Gasteiger partial charge on any atom is 0.231 e. The molecule has 1 atom stereocenters. The summed E-state index contributed by atoms with van der Waals surface area (Å²) in [6.45, 7) is 0.306. The Kier molecular flexibility index (Phi) is 2.37. The Morgan fingerprint density at radius 3 is 2.53 bits per heavy atom. The van der Waals surface area contributed by atoms with Crippen LogP contribution < -0.4 is 14.2 Å². The van der Waals surface area contributed by atoms with Gasteiger partial charge in [-0.05, 0) is 30.0 Å². The molecule has 0 radical (unpaired) electrons. The minimum atomic E-state index is 0.133. The van der Waals surface area contributed by atoms with Gasteiger partial charge in [-0.25, -0.2) is 0 Å². The summed E-state index contributed by atoms with van der Waals surface area (Å²) in [7, 11) is 0. The van der Waals surface area contributed by atoms with Gasteiger partial charge < -0.3 is 14.2 Å². The van der Waals surface area contributed by atoms with E-state index in [0.29, 0.717) is 6.79 Å². The van der Waals surface area contributed by atoms with Crippen LogP contribution in [0.1, 0.15) is 23.7 Å². The molecule has 1 unspecified atom stereocenters. The van der Waals surface area contributed by atoms with Gasteiger partial charge in [-0.2, -0.15) is 0 Å². The van der Waals surface area contributed by atoms with E-state index >= 15 is 0 Å². The van der Waals surface area contributed by atoms with Crippen molar-refractivity contribution in [2.45, 2.75) is 18.9 Å². The summed E-state index contributed by atoms with van der Waals surface area (Å²) in [5, 5.41) is 0. The van der Waals surface area contributed by atoms with Crippen LogP contribution in [0.3, 0.4) is 0 Å². The summed E-state index contributed by atoms with van der Waals surface area (Å²) >= 11 is 0. The van der Waals surface area contributed by atoms with E-state index in [1.54, 1.807) is 0 Å². The Bertz CT molecular complexity index is 607. The van der Waals surface area contributed by atoms with Gasteiger partial charge >= 0.3 is 0 Å². The summed E-state index contributed by atoms with van der Waals surface area (Å²) in [6, 6.07) is 14.3. The molecule has 0 aliphatic carbocycles. The molecule has 0 aromatic heterocycles. The molecule has 2 aliphatic heterocycles. The van der Waals surface area contributed by atoms with E-state index in [9.17, 15) is 0 Å². The van der Waals surface area contributed by atoms with E-state index in [1.807, 2.05) is 30.3 Å². The first kappa shape index (κ1) is 10.7. The lowest BCUT2D eigenvalue weighted by molar-refractivity contribution is 0.171. The van der Waals surface area contributed by atoms with Crippen molar-refractivity contribution >= 4 is 0 Å². The highest BCUT2D eigenvalue weighted by molar-refractivity contribution is 5.52. The predicted octanol–water partition coefficient (Wildman–Crippen LogP) is 3.48. The number of aryl methyl sites for hydroxylation is 1. The van der Waals surface area contributed by atoms with Crippen molar-refractivity contribution < 1.29 is 14.2 Å². The zero-order valence-corrected chi connectivity index (χ0v) is 10.5. The van der Waals surface area contributed by atoms with E-state index < -0.39 is 0 Å². The van der Waals surface area contributed by atoms with Crippen molar-refractivity contribution in [1.29, 1.82) is 0 Å². The molecule has 2 aliphatic rings. The fraction of sp³-hybridized carbons (Fsp3) is 0.250. The molecule has 19 heavy (non-hydrogen) atoms. The Labute approximate surface area is 111 Å². The molecule has 3 nitrogen and oxygen atoms in total. The molecule has 0 saturated carbocycles. The molecule has 0 saturated heterocycles. The monoisotopic (exact) mass is 254 g/mol. The van der Waals surface area contributed by atoms with Gasteiger partial charge in [0.05, 0.1) is 0 Å².